The molecule has 168 valence electrons. The lowest BCUT2D eigenvalue weighted by atomic mass is 10.0. The van der Waals surface area contributed by atoms with Crippen LogP contribution in [0.15, 0.2) is 23.8 Å². The van der Waals surface area contributed by atoms with Crippen LogP contribution in [-0.4, -0.2) is 90.5 Å². The monoisotopic (exact) mass is 417 g/mol. The SMILES string of the molecule is C#C/C=C\C(=C/C)CN1C[C@@H](C)N(C(=O)OC(C)(C)C)C[C@@H]1CN1CCOC[C@H]1C. The van der Waals surface area contributed by atoms with Crippen LogP contribution in [0.3, 0.4) is 0 Å². The molecule has 0 aromatic carbocycles. The van der Waals surface area contributed by atoms with E-state index in [2.05, 4.69) is 35.6 Å². The minimum atomic E-state index is -0.500. The Morgan fingerprint density at radius 1 is 1.23 bits per heavy atom. The van der Waals surface area contributed by atoms with E-state index in [0.717, 1.165) is 39.4 Å². The number of carbonyl (C=O) groups is 1. The maximum absolute atomic E-state index is 12.9. The van der Waals surface area contributed by atoms with Crippen molar-refractivity contribution in [1.29, 1.82) is 0 Å². The third-order valence-electron chi connectivity index (χ3n) is 5.68. The molecule has 1 amide bonds. The Morgan fingerprint density at radius 2 is 1.97 bits per heavy atom. The predicted octanol–water partition coefficient (Wildman–Crippen LogP) is 3.15. The first kappa shape index (κ1) is 24.5. The van der Waals surface area contributed by atoms with Gasteiger partial charge < -0.3 is 14.4 Å². The van der Waals surface area contributed by atoms with Gasteiger partial charge in [0.1, 0.15) is 5.60 Å². The van der Waals surface area contributed by atoms with Crippen molar-refractivity contribution in [3.05, 3.63) is 23.8 Å². The topological polar surface area (TPSA) is 45.2 Å². The zero-order valence-electron chi connectivity index (χ0n) is 19.6. The third kappa shape index (κ3) is 7.16. The van der Waals surface area contributed by atoms with Gasteiger partial charge in [0.05, 0.1) is 13.2 Å². The van der Waals surface area contributed by atoms with Gasteiger partial charge in [0, 0.05) is 50.8 Å². The number of hydrogen-bond acceptors (Lipinski definition) is 5. The number of piperazine rings is 1. The summed E-state index contributed by atoms with van der Waals surface area (Å²) in [6.07, 6.45) is 11.0. The molecule has 0 aromatic heterocycles. The maximum atomic E-state index is 12.9. The number of morpholine rings is 1. The van der Waals surface area contributed by atoms with Gasteiger partial charge in [0.25, 0.3) is 0 Å². The summed E-state index contributed by atoms with van der Waals surface area (Å²) >= 11 is 0. The predicted molar refractivity (Wildman–Crippen MR) is 121 cm³/mol. The van der Waals surface area contributed by atoms with Crippen molar-refractivity contribution in [3.63, 3.8) is 0 Å². The van der Waals surface area contributed by atoms with E-state index in [1.807, 2.05) is 38.7 Å². The maximum Gasteiger partial charge on any atom is 0.410 e. The molecule has 0 unspecified atom stereocenters. The lowest BCUT2D eigenvalue weighted by Crippen LogP contribution is -2.63. The van der Waals surface area contributed by atoms with Gasteiger partial charge in [-0.3, -0.25) is 9.80 Å². The molecule has 3 atom stereocenters. The first-order valence-corrected chi connectivity index (χ1v) is 11.0. The van der Waals surface area contributed by atoms with E-state index in [9.17, 15) is 4.79 Å². The molecule has 2 heterocycles. The summed E-state index contributed by atoms with van der Waals surface area (Å²) in [5.74, 6) is 2.57. The average Bonchev–Trinajstić information content (AvgIpc) is 2.67. The number of amides is 1. The van der Waals surface area contributed by atoms with Gasteiger partial charge in [-0.1, -0.05) is 12.0 Å². The highest BCUT2D eigenvalue weighted by molar-refractivity contribution is 5.68. The fourth-order valence-corrected chi connectivity index (χ4v) is 3.98. The number of hydrogen-bond donors (Lipinski definition) is 0. The number of allylic oxidation sites excluding steroid dienone is 2. The second-order valence-electron chi connectivity index (χ2n) is 9.35. The first-order valence-electron chi connectivity index (χ1n) is 11.0. The summed E-state index contributed by atoms with van der Waals surface area (Å²) in [6, 6.07) is 0.661. The number of nitrogens with zero attached hydrogens (tertiary/aromatic N) is 3. The molecule has 2 saturated heterocycles. The van der Waals surface area contributed by atoms with E-state index < -0.39 is 5.60 Å². The summed E-state index contributed by atoms with van der Waals surface area (Å²) in [5.41, 5.74) is 0.686. The number of terminal acetylenes is 1. The van der Waals surface area contributed by atoms with Gasteiger partial charge in [-0.15, -0.1) is 6.42 Å². The van der Waals surface area contributed by atoms with Crippen LogP contribution in [0.1, 0.15) is 41.5 Å². The minimum absolute atomic E-state index is 0.0768. The van der Waals surface area contributed by atoms with Gasteiger partial charge in [-0.25, -0.2) is 4.79 Å². The fraction of sp³-hybridized carbons (Fsp3) is 0.708. The second-order valence-corrected chi connectivity index (χ2v) is 9.35. The highest BCUT2D eigenvalue weighted by atomic mass is 16.6. The van der Waals surface area contributed by atoms with Crippen molar-refractivity contribution in [2.45, 2.75) is 65.3 Å². The molecular weight excluding hydrogens is 378 g/mol. The molecule has 6 heteroatoms. The summed E-state index contributed by atoms with van der Waals surface area (Å²) in [7, 11) is 0. The Morgan fingerprint density at radius 3 is 2.57 bits per heavy atom. The van der Waals surface area contributed by atoms with Crippen molar-refractivity contribution in [2.24, 2.45) is 0 Å². The average molecular weight is 418 g/mol. The molecule has 0 N–H and O–H groups in total. The van der Waals surface area contributed by atoms with Crippen molar-refractivity contribution in [1.82, 2.24) is 14.7 Å². The molecular formula is C24H39N3O3. The van der Waals surface area contributed by atoms with E-state index in [4.69, 9.17) is 15.9 Å². The van der Waals surface area contributed by atoms with Crippen LogP contribution >= 0.6 is 0 Å². The molecule has 2 rings (SSSR count). The molecule has 0 aromatic rings. The van der Waals surface area contributed by atoms with E-state index in [1.54, 1.807) is 6.08 Å². The van der Waals surface area contributed by atoms with Crippen molar-refractivity contribution in [2.75, 3.05) is 45.9 Å². The van der Waals surface area contributed by atoms with E-state index >= 15 is 0 Å². The molecule has 30 heavy (non-hydrogen) atoms. The number of ether oxygens (including phenoxy) is 2. The van der Waals surface area contributed by atoms with Gasteiger partial charge in [0.2, 0.25) is 0 Å². The first-order chi connectivity index (χ1) is 14.1. The Hall–Kier alpha value is -1.81. The van der Waals surface area contributed by atoms with Crippen LogP contribution in [-0.2, 0) is 9.47 Å². The third-order valence-corrected chi connectivity index (χ3v) is 5.68. The Bertz CT molecular complexity index is 674. The van der Waals surface area contributed by atoms with Crippen molar-refractivity contribution in [3.8, 4) is 12.3 Å². The van der Waals surface area contributed by atoms with E-state index in [1.165, 1.54) is 5.57 Å². The lowest BCUT2D eigenvalue weighted by Gasteiger charge is -2.48. The van der Waals surface area contributed by atoms with E-state index in [0.29, 0.717) is 12.6 Å². The Balaban J connectivity index is 2.19. The molecule has 0 radical (unpaired) electrons. The zero-order valence-corrected chi connectivity index (χ0v) is 19.6. The molecule has 0 spiro atoms. The number of carbonyl (C=O) groups excluding carboxylic acids is 1. The van der Waals surface area contributed by atoms with Gasteiger partial charge in [-0.05, 0) is 59.3 Å². The van der Waals surface area contributed by atoms with Crippen LogP contribution in [0.4, 0.5) is 4.79 Å². The van der Waals surface area contributed by atoms with Gasteiger partial charge in [0.15, 0.2) is 0 Å². The Kier molecular flexibility index (Phi) is 8.96. The molecule has 0 saturated carbocycles. The summed E-state index contributed by atoms with van der Waals surface area (Å²) in [5, 5.41) is 0. The largest absolute Gasteiger partial charge is 0.444 e. The standard InChI is InChI=1S/C24H39N3O3/c1-8-10-11-21(9-2)15-26-14-19(3)27(23(28)30-24(5,6)7)17-22(26)16-25-12-13-29-18-20(25)4/h1,9-11,19-20,22H,12-18H2,2-7H3/b11-10-,21-9+/t19-,20-,22+/m1/s1. The normalized spacial score (nSPS) is 27.3. The van der Waals surface area contributed by atoms with Crippen molar-refractivity contribution < 1.29 is 14.3 Å². The lowest BCUT2D eigenvalue weighted by molar-refractivity contribution is -0.0385. The van der Waals surface area contributed by atoms with Gasteiger partial charge >= 0.3 is 6.09 Å². The Labute approximate surface area is 182 Å². The quantitative estimate of drug-likeness (QED) is 0.508. The smallest absolute Gasteiger partial charge is 0.410 e. The van der Waals surface area contributed by atoms with Crippen LogP contribution in [0.25, 0.3) is 0 Å². The van der Waals surface area contributed by atoms with Crippen LogP contribution < -0.4 is 0 Å². The summed E-state index contributed by atoms with van der Waals surface area (Å²) in [4.78, 5) is 19.7. The molecule has 0 bridgehead atoms. The zero-order chi connectivity index (χ0) is 22.3. The van der Waals surface area contributed by atoms with Crippen LogP contribution in [0.2, 0.25) is 0 Å². The minimum Gasteiger partial charge on any atom is -0.444 e. The second kappa shape index (κ2) is 11.0. The molecule has 2 aliphatic rings. The molecule has 2 fully saturated rings. The van der Waals surface area contributed by atoms with E-state index in [-0.39, 0.29) is 18.2 Å². The van der Waals surface area contributed by atoms with Crippen LogP contribution in [0, 0.1) is 12.3 Å². The van der Waals surface area contributed by atoms with Gasteiger partial charge in [-0.2, -0.15) is 0 Å². The molecule has 2 aliphatic heterocycles. The molecule has 6 nitrogen and oxygen atoms in total. The molecule has 0 aliphatic carbocycles. The van der Waals surface area contributed by atoms with Crippen LogP contribution in [0.5, 0.6) is 0 Å². The summed E-state index contributed by atoms with van der Waals surface area (Å²) < 4.78 is 11.3. The highest BCUT2D eigenvalue weighted by Crippen LogP contribution is 2.22. The fourth-order valence-electron chi connectivity index (χ4n) is 3.98. The highest BCUT2D eigenvalue weighted by Gasteiger charge is 2.37. The summed E-state index contributed by atoms with van der Waals surface area (Å²) in [6.45, 7) is 17.6. The number of rotatable bonds is 5. The van der Waals surface area contributed by atoms with Crippen molar-refractivity contribution >= 4 is 6.09 Å².